The van der Waals surface area contributed by atoms with Crippen LogP contribution in [0.25, 0.3) is 10.9 Å². The number of aryl methyl sites for hydroxylation is 1. The molecule has 29 heavy (non-hydrogen) atoms. The summed E-state index contributed by atoms with van der Waals surface area (Å²) in [5.74, 6) is -0.880. The molecule has 0 aliphatic heterocycles. The van der Waals surface area contributed by atoms with E-state index in [-0.39, 0.29) is 17.4 Å². The predicted octanol–water partition coefficient (Wildman–Crippen LogP) is 2.71. The van der Waals surface area contributed by atoms with Gasteiger partial charge in [0.05, 0.1) is 5.52 Å². The minimum atomic E-state index is -0.472. The molecule has 3 rings (SSSR count). The molecule has 0 spiro atoms. The van der Waals surface area contributed by atoms with Crippen LogP contribution in [-0.4, -0.2) is 26.6 Å². The minimum Gasteiger partial charge on any atom is -0.346 e. The molecule has 0 radical (unpaired) electrons. The molecule has 2 heterocycles. The first-order valence-electron chi connectivity index (χ1n) is 9.36. The number of anilines is 1. The lowest BCUT2D eigenvalue weighted by Gasteiger charge is -2.13. The first kappa shape index (κ1) is 20.2. The average molecular weight is 394 g/mol. The summed E-state index contributed by atoms with van der Waals surface area (Å²) in [7, 11) is 0. The number of carbonyl (C=O) groups excluding carboxylic acids is 2. The summed E-state index contributed by atoms with van der Waals surface area (Å²) in [4.78, 5) is 40.5. The number of nitrogens with one attached hydrogen (secondary N) is 2. The number of unbranched alkanes of at least 4 members (excludes halogenated alkanes) is 2. The van der Waals surface area contributed by atoms with E-state index in [1.807, 2.05) is 16.7 Å². The zero-order valence-corrected chi connectivity index (χ0v) is 15.8. The third-order valence-corrected chi connectivity index (χ3v) is 4.60. The number of amides is 2. The summed E-state index contributed by atoms with van der Waals surface area (Å²) in [6.45, 7) is 0.594. The summed E-state index contributed by atoms with van der Waals surface area (Å²) >= 11 is 0. The van der Waals surface area contributed by atoms with Crippen LogP contribution in [0.15, 0.2) is 59.8 Å². The van der Waals surface area contributed by atoms with Crippen molar-refractivity contribution in [2.45, 2.75) is 32.2 Å². The number of hydrogen-bond acceptors (Lipinski definition) is 5. The lowest BCUT2D eigenvalue weighted by Crippen LogP contribution is -2.24. The van der Waals surface area contributed by atoms with E-state index in [9.17, 15) is 14.4 Å². The van der Waals surface area contributed by atoms with Gasteiger partial charge in [0.15, 0.2) is 0 Å². The highest BCUT2D eigenvalue weighted by Gasteiger charge is 2.15. The fourth-order valence-electron chi connectivity index (χ4n) is 3.13. The number of para-hydroxylation sites is 1. The second kappa shape index (κ2) is 9.61. The van der Waals surface area contributed by atoms with Crippen molar-refractivity contribution in [2.75, 3.05) is 5.32 Å². The van der Waals surface area contributed by atoms with E-state index in [1.54, 1.807) is 48.3 Å². The highest BCUT2D eigenvalue weighted by molar-refractivity contribution is 6.05. The van der Waals surface area contributed by atoms with Crippen molar-refractivity contribution >= 4 is 28.4 Å². The monoisotopic (exact) mass is 394 g/mol. The topological polar surface area (TPSA) is 113 Å². The third kappa shape index (κ3) is 5.05. The molecule has 150 valence electrons. The van der Waals surface area contributed by atoms with Crippen LogP contribution in [0, 0.1) is 0 Å². The predicted molar refractivity (Wildman–Crippen MR) is 109 cm³/mol. The SMILES string of the molecule is O=C(CCCCCn1cc(C(=O)Nc2ccncc2)c(=O)c2ccccc21)NO. The Balaban J connectivity index is 1.81. The molecular formula is C21H22N4O4. The van der Waals surface area contributed by atoms with Crippen molar-refractivity contribution in [3.63, 3.8) is 0 Å². The molecule has 0 fully saturated rings. The van der Waals surface area contributed by atoms with Crippen LogP contribution >= 0.6 is 0 Å². The van der Waals surface area contributed by atoms with E-state index in [4.69, 9.17) is 5.21 Å². The number of aromatic nitrogens is 2. The Hall–Kier alpha value is -3.52. The first-order valence-corrected chi connectivity index (χ1v) is 9.36. The van der Waals surface area contributed by atoms with Crippen LogP contribution in [0.3, 0.4) is 0 Å². The Bertz CT molecular complexity index is 1060. The number of nitrogens with zero attached hydrogens (tertiary/aromatic N) is 2. The molecule has 0 aliphatic rings. The standard InChI is InChI=1S/C21H22N4O4/c26-19(24-29)8-2-1-5-13-25-14-17(20(27)16-6-3-4-7-18(16)25)21(28)23-15-9-11-22-12-10-15/h3-4,6-7,9-12,14,29H,1-2,5,8,13H2,(H,24,26)(H,22,23,28). The first-order chi connectivity index (χ1) is 14.1. The van der Waals surface area contributed by atoms with Gasteiger partial charge in [-0.05, 0) is 37.1 Å². The van der Waals surface area contributed by atoms with Crippen LogP contribution in [0.1, 0.15) is 36.0 Å². The van der Waals surface area contributed by atoms with Crippen molar-refractivity contribution in [3.05, 3.63) is 70.8 Å². The van der Waals surface area contributed by atoms with Crippen LogP contribution in [0.5, 0.6) is 0 Å². The normalized spacial score (nSPS) is 10.7. The molecule has 2 amide bonds. The molecule has 0 unspecified atom stereocenters. The summed E-state index contributed by atoms with van der Waals surface area (Å²) in [6, 6.07) is 10.5. The number of benzene rings is 1. The van der Waals surface area contributed by atoms with E-state index in [0.29, 0.717) is 24.0 Å². The van der Waals surface area contributed by atoms with Crippen LogP contribution < -0.4 is 16.2 Å². The molecule has 0 saturated carbocycles. The fourth-order valence-corrected chi connectivity index (χ4v) is 3.13. The Morgan fingerprint density at radius 3 is 2.55 bits per heavy atom. The van der Waals surface area contributed by atoms with Crippen molar-refractivity contribution in [1.29, 1.82) is 0 Å². The lowest BCUT2D eigenvalue weighted by atomic mass is 10.1. The van der Waals surface area contributed by atoms with E-state index in [0.717, 1.165) is 18.4 Å². The van der Waals surface area contributed by atoms with Gasteiger partial charge in [0.25, 0.3) is 5.91 Å². The van der Waals surface area contributed by atoms with Gasteiger partial charge in [-0.1, -0.05) is 18.6 Å². The molecule has 8 nitrogen and oxygen atoms in total. The molecule has 3 N–H and O–H groups in total. The molecule has 3 aromatic rings. The van der Waals surface area contributed by atoms with Gasteiger partial charge >= 0.3 is 0 Å². The Morgan fingerprint density at radius 2 is 1.79 bits per heavy atom. The van der Waals surface area contributed by atoms with Gasteiger partial charge in [0.2, 0.25) is 11.3 Å². The number of rotatable bonds is 8. The molecule has 8 heteroatoms. The van der Waals surface area contributed by atoms with Gasteiger partial charge in [-0.15, -0.1) is 0 Å². The maximum absolute atomic E-state index is 12.8. The van der Waals surface area contributed by atoms with Crippen LogP contribution in [0.2, 0.25) is 0 Å². The molecule has 0 bridgehead atoms. The number of carbonyl (C=O) groups is 2. The lowest BCUT2D eigenvalue weighted by molar-refractivity contribution is -0.129. The quantitative estimate of drug-likeness (QED) is 0.309. The number of hydroxylamine groups is 1. The summed E-state index contributed by atoms with van der Waals surface area (Å²) in [5.41, 5.74) is 2.69. The van der Waals surface area contributed by atoms with Gasteiger partial charge in [-0.25, -0.2) is 5.48 Å². The zero-order valence-electron chi connectivity index (χ0n) is 15.8. The van der Waals surface area contributed by atoms with E-state index < -0.39 is 11.8 Å². The van der Waals surface area contributed by atoms with Crippen molar-refractivity contribution < 1.29 is 14.8 Å². The molecular weight excluding hydrogens is 372 g/mol. The smallest absolute Gasteiger partial charge is 0.261 e. The highest BCUT2D eigenvalue weighted by atomic mass is 16.5. The van der Waals surface area contributed by atoms with Crippen LogP contribution in [0.4, 0.5) is 5.69 Å². The largest absolute Gasteiger partial charge is 0.346 e. The van der Waals surface area contributed by atoms with E-state index in [2.05, 4.69) is 10.3 Å². The Labute approximate surface area is 167 Å². The minimum absolute atomic E-state index is 0.0696. The molecule has 1 aromatic carbocycles. The van der Waals surface area contributed by atoms with Gasteiger partial charge in [-0.2, -0.15) is 0 Å². The Kier molecular flexibility index (Phi) is 6.70. The van der Waals surface area contributed by atoms with Crippen LogP contribution in [-0.2, 0) is 11.3 Å². The third-order valence-electron chi connectivity index (χ3n) is 4.60. The maximum atomic E-state index is 12.8. The van der Waals surface area contributed by atoms with Crippen molar-refractivity contribution in [2.24, 2.45) is 0 Å². The number of hydrogen-bond donors (Lipinski definition) is 3. The molecule has 0 atom stereocenters. The zero-order chi connectivity index (χ0) is 20.6. The fraction of sp³-hybridized carbons (Fsp3) is 0.238. The van der Waals surface area contributed by atoms with E-state index in [1.165, 1.54) is 0 Å². The molecule has 2 aromatic heterocycles. The molecule has 0 saturated heterocycles. The summed E-state index contributed by atoms with van der Waals surface area (Å²) in [6.07, 6.45) is 7.13. The van der Waals surface area contributed by atoms with Gasteiger partial charge < -0.3 is 9.88 Å². The molecule has 0 aliphatic carbocycles. The van der Waals surface area contributed by atoms with Crippen molar-refractivity contribution in [3.8, 4) is 0 Å². The second-order valence-corrected chi connectivity index (χ2v) is 6.62. The van der Waals surface area contributed by atoms with Crippen molar-refractivity contribution in [1.82, 2.24) is 15.0 Å². The number of fused-ring (bicyclic) bond motifs is 1. The average Bonchev–Trinajstić information content (AvgIpc) is 2.75. The highest BCUT2D eigenvalue weighted by Crippen LogP contribution is 2.15. The maximum Gasteiger partial charge on any atom is 0.261 e. The van der Waals surface area contributed by atoms with Gasteiger partial charge in [-0.3, -0.25) is 24.6 Å². The van der Waals surface area contributed by atoms with Gasteiger partial charge in [0, 0.05) is 42.6 Å². The summed E-state index contributed by atoms with van der Waals surface area (Å²) < 4.78 is 1.89. The summed E-state index contributed by atoms with van der Waals surface area (Å²) in [5, 5.41) is 11.7. The second-order valence-electron chi connectivity index (χ2n) is 6.62. The number of pyridine rings is 2. The Morgan fingerprint density at radius 1 is 1.03 bits per heavy atom. The van der Waals surface area contributed by atoms with Gasteiger partial charge in [0.1, 0.15) is 5.56 Å². The van der Waals surface area contributed by atoms with E-state index >= 15 is 0 Å².